The largest absolute Gasteiger partial charge is 0.465 e. The minimum absolute atomic E-state index is 0.336. The summed E-state index contributed by atoms with van der Waals surface area (Å²) in [4.78, 5) is 25.2. The number of hydrogen-bond donors (Lipinski definition) is 1. The molecule has 1 saturated carbocycles. The first kappa shape index (κ1) is 16.7. The molecule has 26 heavy (non-hydrogen) atoms. The van der Waals surface area contributed by atoms with Gasteiger partial charge in [0.1, 0.15) is 12.1 Å². The van der Waals surface area contributed by atoms with Gasteiger partial charge in [0.25, 0.3) is 0 Å². The summed E-state index contributed by atoms with van der Waals surface area (Å²) in [6, 6.07) is 9.14. The van der Waals surface area contributed by atoms with Crippen LogP contribution in [0.5, 0.6) is 0 Å². The number of anilines is 1. The van der Waals surface area contributed by atoms with Gasteiger partial charge in [0.05, 0.1) is 36.1 Å². The highest BCUT2D eigenvalue weighted by Gasteiger charge is 2.30. The molecule has 0 saturated heterocycles. The fourth-order valence-corrected chi connectivity index (χ4v) is 3.08. The number of hydrogen-bond acceptors (Lipinski definition) is 6. The molecule has 0 aliphatic heterocycles. The van der Waals surface area contributed by atoms with Crippen LogP contribution in [-0.4, -0.2) is 28.0 Å². The number of halogens is 1. The van der Waals surface area contributed by atoms with Crippen LogP contribution in [0.2, 0.25) is 5.02 Å². The maximum absolute atomic E-state index is 11.9. The van der Waals surface area contributed by atoms with E-state index in [1.807, 2.05) is 18.2 Å². The third kappa shape index (κ3) is 3.32. The van der Waals surface area contributed by atoms with Gasteiger partial charge in [-0.2, -0.15) is 0 Å². The lowest BCUT2D eigenvalue weighted by atomic mass is 10.1. The first-order chi connectivity index (χ1) is 12.7. The van der Waals surface area contributed by atoms with Crippen LogP contribution >= 0.6 is 11.6 Å². The van der Waals surface area contributed by atoms with Crippen LogP contribution in [0.15, 0.2) is 36.7 Å². The van der Waals surface area contributed by atoms with Crippen molar-refractivity contribution in [2.45, 2.75) is 25.3 Å². The molecule has 0 radical (unpaired) electrons. The Labute approximate surface area is 155 Å². The van der Waals surface area contributed by atoms with Crippen molar-refractivity contribution in [1.29, 1.82) is 0 Å². The van der Waals surface area contributed by atoms with E-state index in [0.29, 0.717) is 23.0 Å². The van der Waals surface area contributed by atoms with E-state index in [1.165, 1.54) is 13.4 Å². The molecule has 2 heterocycles. The fraction of sp³-hybridized carbons (Fsp3) is 0.263. The highest BCUT2D eigenvalue weighted by atomic mass is 35.5. The van der Waals surface area contributed by atoms with Gasteiger partial charge in [-0.05, 0) is 43.2 Å². The van der Waals surface area contributed by atoms with E-state index in [4.69, 9.17) is 16.3 Å². The molecule has 1 aromatic carbocycles. The Hall–Kier alpha value is -2.73. The molecule has 2 aromatic heterocycles. The van der Waals surface area contributed by atoms with Crippen molar-refractivity contribution < 1.29 is 9.53 Å². The van der Waals surface area contributed by atoms with E-state index < -0.39 is 0 Å². The van der Waals surface area contributed by atoms with Crippen LogP contribution in [0.3, 0.4) is 0 Å². The molecule has 0 amide bonds. The van der Waals surface area contributed by atoms with E-state index in [-0.39, 0.29) is 5.97 Å². The van der Waals surface area contributed by atoms with Crippen molar-refractivity contribution in [2.24, 2.45) is 0 Å². The lowest BCUT2D eigenvalue weighted by molar-refractivity contribution is 0.0598. The maximum Gasteiger partial charge on any atom is 0.339 e. The number of carbonyl (C=O) groups excluding carboxylic acids is 1. The molecule has 0 unspecified atom stereocenters. The predicted octanol–water partition coefficient (Wildman–Crippen LogP) is 3.95. The predicted molar refractivity (Wildman–Crippen MR) is 99.4 cm³/mol. The van der Waals surface area contributed by atoms with Gasteiger partial charge in [0.2, 0.25) is 0 Å². The van der Waals surface area contributed by atoms with Gasteiger partial charge in [-0.25, -0.2) is 14.8 Å². The Morgan fingerprint density at radius 2 is 2.12 bits per heavy atom. The first-order valence-corrected chi connectivity index (χ1v) is 8.76. The fourth-order valence-electron chi connectivity index (χ4n) is 2.91. The average molecular weight is 369 g/mol. The molecule has 1 N–H and O–H groups in total. The van der Waals surface area contributed by atoms with Crippen molar-refractivity contribution >= 4 is 34.3 Å². The lowest BCUT2D eigenvalue weighted by Crippen LogP contribution is -2.10. The molecule has 7 heteroatoms. The molecule has 1 aliphatic rings. The molecule has 4 rings (SSSR count). The number of aromatic nitrogens is 3. The number of esters is 1. The Bertz CT molecular complexity index is 988. The van der Waals surface area contributed by atoms with E-state index in [1.54, 1.807) is 12.1 Å². The zero-order valence-electron chi connectivity index (χ0n) is 14.2. The number of fused-ring (bicyclic) bond motifs is 1. The summed E-state index contributed by atoms with van der Waals surface area (Å²) < 4.78 is 4.86. The topological polar surface area (TPSA) is 77.0 Å². The SMILES string of the molecule is COC(=O)c1ccc(CNc2ncnc3cc(Cl)ccc23)nc1C1CC1. The van der Waals surface area contributed by atoms with Crippen molar-refractivity contribution in [1.82, 2.24) is 15.0 Å². The van der Waals surface area contributed by atoms with Crippen molar-refractivity contribution in [2.75, 3.05) is 12.4 Å². The van der Waals surface area contributed by atoms with Crippen LogP contribution in [0.4, 0.5) is 5.82 Å². The number of nitrogens with one attached hydrogen (secondary N) is 1. The second-order valence-electron chi connectivity index (χ2n) is 6.24. The molecule has 1 aliphatic carbocycles. The molecule has 0 atom stereocenters. The van der Waals surface area contributed by atoms with E-state index >= 15 is 0 Å². The first-order valence-electron chi connectivity index (χ1n) is 8.38. The number of ether oxygens (including phenoxy) is 1. The average Bonchev–Trinajstić information content (AvgIpc) is 3.50. The van der Waals surface area contributed by atoms with Crippen LogP contribution in [0.25, 0.3) is 10.9 Å². The molecule has 0 spiro atoms. The van der Waals surface area contributed by atoms with E-state index in [2.05, 4.69) is 20.3 Å². The molecule has 3 aromatic rings. The Balaban J connectivity index is 1.59. The van der Waals surface area contributed by atoms with Crippen molar-refractivity contribution in [3.05, 3.63) is 58.6 Å². The third-order valence-electron chi connectivity index (χ3n) is 4.39. The van der Waals surface area contributed by atoms with E-state index in [9.17, 15) is 4.79 Å². The maximum atomic E-state index is 11.9. The van der Waals surface area contributed by atoms with Gasteiger partial charge in [-0.3, -0.25) is 4.98 Å². The minimum Gasteiger partial charge on any atom is -0.465 e. The normalized spacial score (nSPS) is 13.6. The second kappa shape index (κ2) is 6.88. The summed E-state index contributed by atoms with van der Waals surface area (Å²) >= 11 is 6.02. The molecule has 1 fully saturated rings. The Morgan fingerprint density at radius 1 is 1.27 bits per heavy atom. The minimum atomic E-state index is -0.336. The second-order valence-corrected chi connectivity index (χ2v) is 6.67. The van der Waals surface area contributed by atoms with Gasteiger partial charge in [-0.15, -0.1) is 0 Å². The van der Waals surface area contributed by atoms with Crippen LogP contribution < -0.4 is 5.32 Å². The summed E-state index contributed by atoms with van der Waals surface area (Å²) in [5.41, 5.74) is 3.01. The summed E-state index contributed by atoms with van der Waals surface area (Å²) in [6.45, 7) is 0.496. The van der Waals surface area contributed by atoms with Crippen LogP contribution in [-0.2, 0) is 11.3 Å². The van der Waals surface area contributed by atoms with Gasteiger partial charge < -0.3 is 10.1 Å². The number of methoxy groups -OCH3 is 1. The molecule has 0 bridgehead atoms. The monoisotopic (exact) mass is 368 g/mol. The van der Waals surface area contributed by atoms with Gasteiger partial charge in [0.15, 0.2) is 0 Å². The molecule has 132 valence electrons. The quantitative estimate of drug-likeness (QED) is 0.687. The number of nitrogens with zero attached hydrogens (tertiary/aromatic N) is 3. The molecular weight excluding hydrogens is 352 g/mol. The summed E-state index contributed by atoms with van der Waals surface area (Å²) in [6.07, 6.45) is 3.63. The number of benzene rings is 1. The Kier molecular flexibility index (Phi) is 4.42. The molecule has 6 nitrogen and oxygen atoms in total. The Morgan fingerprint density at radius 3 is 2.88 bits per heavy atom. The number of rotatable bonds is 5. The van der Waals surface area contributed by atoms with Gasteiger partial charge in [0, 0.05) is 16.3 Å². The van der Waals surface area contributed by atoms with Crippen LogP contribution in [0.1, 0.15) is 40.5 Å². The van der Waals surface area contributed by atoms with Crippen LogP contribution in [0, 0.1) is 0 Å². The number of pyridine rings is 1. The standard InChI is InChI=1S/C19H17ClN4O2/c1-26-19(25)15-7-5-13(24-17(15)11-2-3-11)9-21-18-14-6-4-12(20)8-16(14)22-10-23-18/h4-8,10-11H,2-3,9H2,1H3,(H,21,22,23). The van der Waals surface area contributed by atoms with Crippen molar-refractivity contribution in [3.63, 3.8) is 0 Å². The summed E-state index contributed by atoms with van der Waals surface area (Å²) in [5.74, 6) is 0.738. The van der Waals surface area contributed by atoms with Crippen molar-refractivity contribution in [3.8, 4) is 0 Å². The molecular formula is C19H17ClN4O2. The smallest absolute Gasteiger partial charge is 0.339 e. The zero-order valence-corrected chi connectivity index (χ0v) is 15.0. The third-order valence-corrected chi connectivity index (χ3v) is 4.62. The van der Waals surface area contributed by atoms with Gasteiger partial charge in [-0.1, -0.05) is 11.6 Å². The van der Waals surface area contributed by atoms with Gasteiger partial charge >= 0.3 is 5.97 Å². The number of carbonyl (C=O) groups is 1. The summed E-state index contributed by atoms with van der Waals surface area (Å²) in [7, 11) is 1.39. The zero-order chi connectivity index (χ0) is 18.1. The highest BCUT2D eigenvalue weighted by molar-refractivity contribution is 6.31. The lowest BCUT2D eigenvalue weighted by Gasteiger charge is -2.11. The summed E-state index contributed by atoms with van der Waals surface area (Å²) in [5, 5.41) is 4.83. The highest BCUT2D eigenvalue weighted by Crippen LogP contribution is 2.40. The van der Waals surface area contributed by atoms with E-state index in [0.717, 1.165) is 41.0 Å².